The van der Waals surface area contributed by atoms with Crippen molar-refractivity contribution in [2.45, 2.75) is 26.4 Å². The molecule has 1 aromatic carbocycles. The van der Waals surface area contributed by atoms with Crippen LogP contribution in [0.25, 0.3) is 0 Å². The Morgan fingerprint density at radius 3 is 2.38 bits per heavy atom. The van der Waals surface area contributed by atoms with Crippen LogP contribution < -0.4 is 22.5 Å². The second kappa shape index (κ2) is 8.50. The molecule has 1 aromatic rings. The third kappa shape index (κ3) is 5.07. The van der Waals surface area contributed by atoms with Crippen molar-refractivity contribution in [1.82, 2.24) is 5.32 Å². The van der Waals surface area contributed by atoms with Gasteiger partial charge < -0.3 is 37.5 Å². The minimum atomic E-state index is -1.46. The largest absolute Gasteiger partial charge is 0.397 e. The molecule has 9 N–H and O–H groups in total. The van der Waals surface area contributed by atoms with Crippen LogP contribution in [0.15, 0.2) is 12.1 Å². The van der Waals surface area contributed by atoms with Gasteiger partial charge in [-0.15, -0.1) is 0 Å². The number of amides is 1. The SMILES string of the molecule is CC(C)(CO)[C@@H](O)C(=O)NCCC(=O)OC(=O)c1ccc(N)c(N)c1N. The molecule has 0 saturated heterocycles. The van der Waals surface area contributed by atoms with E-state index >= 15 is 0 Å². The summed E-state index contributed by atoms with van der Waals surface area (Å²) in [5.41, 5.74) is 15.8. The van der Waals surface area contributed by atoms with E-state index < -0.39 is 36.0 Å². The average molecular weight is 368 g/mol. The minimum absolute atomic E-state index is 0.0136. The van der Waals surface area contributed by atoms with Crippen LogP contribution in [-0.4, -0.2) is 47.3 Å². The minimum Gasteiger partial charge on any atom is -0.397 e. The van der Waals surface area contributed by atoms with E-state index in [9.17, 15) is 19.5 Å². The zero-order valence-electron chi connectivity index (χ0n) is 14.6. The number of hydrogen-bond donors (Lipinski definition) is 6. The molecule has 1 atom stereocenters. The maximum Gasteiger partial charge on any atom is 0.347 e. The molecule has 1 rings (SSSR count). The van der Waals surface area contributed by atoms with Crippen LogP contribution in [0.4, 0.5) is 17.1 Å². The van der Waals surface area contributed by atoms with Crippen molar-refractivity contribution >= 4 is 34.9 Å². The number of benzene rings is 1. The van der Waals surface area contributed by atoms with Crippen LogP contribution in [0.3, 0.4) is 0 Å². The van der Waals surface area contributed by atoms with Gasteiger partial charge in [-0.25, -0.2) is 4.79 Å². The molecule has 0 aliphatic carbocycles. The number of carbonyl (C=O) groups is 3. The quantitative estimate of drug-likeness (QED) is 0.199. The summed E-state index contributed by atoms with van der Waals surface area (Å²) >= 11 is 0. The van der Waals surface area contributed by atoms with Crippen LogP contribution in [0, 0.1) is 5.41 Å². The van der Waals surface area contributed by atoms with Gasteiger partial charge in [-0.3, -0.25) is 9.59 Å². The van der Waals surface area contributed by atoms with E-state index in [1.807, 2.05) is 0 Å². The maximum absolute atomic E-state index is 11.9. The molecule has 0 spiro atoms. The first-order chi connectivity index (χ1) is 12.0. The number of nitrogens with one attached hydrogen (secondary N) is 1. The predicted molar refractivity (Wildman–Crippen MR) is 94.6 cm³/mol. The number of esters is 2. The van der Waals surface area contributed by atoms with Gasteiger partial charge in [-0.05, 0) is 12.1 Å². The molecule has 0 fully saturated rings. The van der Waals surface area contributed by atoms with Crippen molar-refractivity contribution in [2.24, 2.45) is 5.41 Å². The summed E-state index contributed by atoms with van der Waals surface area (Å²) in [6.07, 6.45) is -1.77. The molecule has 10 heteroatoms. The van der Waals surface area contributed by atoms with E-state index in [2.05, 4.69) is 10.1 Å². The highest BCUT2D eigenvalue weighted by Crippen LogP contribution is 2.26. The van der Waals surface area contributed by atoms with Crippen LogP contribution >= 0.6 is 0 Å². The second-order valence-electron chi connectivity index (χ2n) is 6.38. The Balaban J connectivity index is 2.54. The molecule has 0 heterocycles. The lowest BCUT2D eigenvalue weighted by molar-refractivity contribution is -0.139. The van der Waals surface area contributed by atoms with Crippen molar-refractivity contribution in [2.75, 3.05) is 30.4 Å². The van der Waals surface area contributed by atoms with E-state index in [0.29, 0.717) is 0 Å². The topological polar surface area (TPSA) is 191 Å². The second-order valence-corrected chi connectivity index (χ2v) is 6.38. The van der Waals surface area contributed by atoms with Gasteiger partial charge in [-0.2, -0.15) is 0 Å². The lowest BCUT2D eigenvalue weighted by Gasteiger charge is -2.27. The van der Waals surface area contributed by atoms with Gasteiger partial charge in [0, 0.05) is 12.0 Å². The molecule has 0 aliphatic rings. The zero-order chi connectivity index (χ0) is 20.1. The van der Waals surface area contributed by atoms with Gasteiger partial charge in [0.25, 0.3) is 0 Å². The van der Waals surface area contributed by atoms with Gasteiger partial charge in [0.1, 0.15) is 6.10 Å². The standard InChI is InChI=1S/C16H24N4O6/c1-16(2,7-21)13(23)14(24)20-6-5-10(22)26-15(25)8-3-4-9(17)12(19)11(8)18/h3-4,13,21,23H,5-7,17-19H2,1-2H3,(H,20,24)/t13-/m0/s1. The van der Waals surface area contributed by atoms with Gasteiger partial charge in [0.2, 0.25) is 5.91 Å². The Morgan fingerprint density at radius 2 is 1.81 bits per heavy atom. The molecule has 0 bridgehead atoms. The molecule has 1 amide bonds. The van der Waals surface area contributed by atoms with Gasteiger partial charge >= 0.3 is 11.9 Å². The summed E-state index contributed by atoms with van der Waals surface area (Å²) in [6, 6.07) is 2.64. The molecule has 144 valence electrons. The summed E-state index contributed by atoms with van der Waals surface area (Å²) in [5.74, 6) is -2.65. The first-order valence-electron chi connectivity index (χ1n) is 7.76. The first-order valence-corrected chi connectivity index (χ1v) is 7.76. The van der Waals surface area contributed by atoms with Crippen molar-refractivity contribution in [1.29, 1.82) is 0 Å². The Hall–Kier alpha value is -2.85. The number of rotatable bonds is 7. The highest BCUT2D eigenvalue weighted by atomic mass is 16.6. The number of ether oxygens (including phenoxy) is 1. The summed E-state index contributed by atoms with van der Waals surface area (Å²) in [4.78, 5) is 35.4. The smallest absolute Gasteiger partial charge is 0.347 e. The molecular weight excluding hydrogens is 344 g/mol. The highest BCUT2D eigenvalue weighted by molar-refractivity contribution is 6.04. The fourth-order valence-electron chi connectivity index (χ4n) is 1.87. The van der Waals surface area contributed by atoms with Gasteiger partial charge in [-0.1, -0.05) is 13.8 Å². The lowest BCUT2D eigenvalue weighted by atomic mass is 9.87. The van der Waals surface area contributed by atoms with Crippen LogP contribution in [0.1, 0.15) is 30.6 Å². The third-order valence-corrected chi connectivity index (χ3v) is 3.77. The number of nitrogen functional groups attached to an aromatic ring is 3. The third-order valence-electron chi connectivity index (χ3n) is 3.77. The number of aliphatic hydroxyl groups excluding tert-OH is 2. The van der Waals surface area contributed by atoms with E-state index in [1.165, 1.54) is 26.0 Å². The predicted octanol–water partition coefficient (Wildman–Crippen LogP) is -0.998. The Kier molecular flexibility index (Phi) is 6.93. The summed E-state index contributed by atoms with van der Waals surface area (Å²) in [5, 5.41) is 21.2. The molecular formula is C16H24N4O6. The highest BCUT2D eigenvalue weighted by Gasteiger charge is 2.32. The molecule has 0 radical (unpaired) electrons. The number of aliphatic hydroxyl groups is 2. The maximum atomic E-state index is 11.9. The molecule has 10 nitrogen and oxygen atoms in total. The summed E-state index contributed by atoms with van der Waals surface area (Å²) in [7, 11) is 0. The number of anilines is 3. The fourth-order valence-corrected chi connectivity index (χ4v) is 1.87. The average Bonchev–Trinajstić information content (AvgIpc) is 2.58. The first kappa shape index (κ1) is 21.2. The van der Waals surface area contributed by atoms with Crippen molar-refractivity contribution < 1.29 is 29.3 Å². The summed E-state index contributed by atoms with van der Waals surface area (Å²) in [6.45, 7) is 2.45. The number of nitrogens with two attached hydrogens (primary N) is 3. The molecule has 26 heavy (non-hydrogen) atoms. The van der Waals surface area contributed by atoms with Crippen molar-refractivity contribution in [3.05, 3.63) is 17.7 Å². The zero-order valence-corrected chi connectivity index (χ0v) is 14.6. The van der Waals surface area contributed by atoms with Crippen LogP contribution in [-0.2, 0) is 14.3 Å². The van der Waals surface area contributed by atoms with E-state index in [1.54, 1.807) is 0 Å². The number of carbonyl (C=O) groups excluding carboxylic acids is 3. The molecule has 0 saturated carbocycles. The fraction of sp³-hybridized carbons (Fsp3) is 0.438. The summed E-state index contributed by atoms with van der Waals surface area (Å²) < 4.78 is 4.63. The lowest BCUT2D eigenvalue weighted by Crippen LogP contribution is -2.46. The van der Waals surface area contributed by atoms with Crippen LogP contribution in [0.5, 0.6) is 0 Å². The van der Waals surface area contributed by atoms with Crippen molar-refractivity contribution in [3.8, 4) is 0 Å². The van der Waals surface area contributed by atoms with E-state index in [4.69, 9.17) is 22.3 Å². The molecule has 0 aromatic heterocycles. The Morgan fingerprint density at radius 1 is 1.19 bits per heavy atom. The van der Waals surface area contributed by atoms with Gasteiger partial charge in [0.15, 0.2) is 0 Å². The van der Waals surface area contributed by atoms with Crippen LogP contribution in [0.2, 0.25) is 0 Å². The monoisotopic (exact) mass is 368 g/mol. The van der Waals surface area contributed by atoms with E-state index in [-0.39, 0.29) is 35.6 Å². The van der Waals surface area contributed by atoms with E-state index in [0.717, 1.165) is 0 Å². The number of hydrogen-bond acceptors (Lipinski definition) is 9. The normalized spacial score (nSPS) is 12.3. The molecule has 0 aliphatic heterocycles. The Bertz CT molecular complexity index is 704. The molecule has 0 unspecified atom stereocenters. The van der Waals surface area contributed by atoms with Gasteiger partial charge in [0.05, 0.1) is 35.7 Å². The van der Waals surface area contributed by atoms with Crippen molar-refractivity contribution in [3.63, 3.8) is 0 Å². The Labute approximate surface area is 150 Å².